The van der Waals surface area contributed by atoms with Crippen molar-refractivity contribution in [2.45, 2.75) is 0 Å². The topological polar surface area (TPSA) is 4.93 Å². The molecule has 1 nitrogen and oxygen atoms in total. The monoisotopic (exact) mass is 373 g/mol. The highest BCUT2D eigenvalue weighted by molar-refractivity contribution is 9.10. The highest BCUT2D eigenvalue weighted by atomic mass is 79.9. The fourth-order valence-corrected chi connectivity index (χ4v) is 3.18. The third-order valence-corrected chi connectivity index (χ3v) is 4.65. The predicted molar refractivity (Wildman–Crippen MR) is 104 cm³/mol. The molecule has 116 valence electrons. The number of para-hydroxylation sites is 1. The van der Waals surface area contributed by atoms with Gasteiger partial charge in [-0.1, -0.05) is 76.6 Å². The molecule has 0 bridgehead atoms. The molecule has 24 heavy (non-hydrogen) atoms. The molecule has 2 heteroatoms. The van der Waals surface area contributed by atoms with Crippen LogP contribution in [0.4, 0.5) is 0 Å². The predicted octanol–water partition coefficient (Wildman–Crippen LogP) is 6.57. The molecule has 1 heterocycles. The van der Waals surface area contributed by atoms with E-state index in [-0.39, 0.29) is 0 Å². The summed E-state index contributed by atoms with van der Waals surface area (Å²) in [5.74, 6) is 0. The van der Waals surface area contributed by atoms with Crippen molar-refractivity contribution in [2.24, 2.45) is 0 Å². The van der Waals surface area contributed by atoms with E-state index in [9.17, 15) is 0 Å². The van der Waals surface area contributed by atoms with Crippen LogP contribution in [0.5, 0.6) is 0 Å². The zero-order valence-electron chi connectivity index (χ0n) is 13.1. The number of rotatable bonds is 3. The zero-order chi connectivity index (χ0) is 16.4. The Morgan fingerprint density at radius 1 is 0.542 bits per heavy atom. The molecule has 0 atom stereocenters. The number of hydrogen-bond acceptors (Lipinski definition) is 0. The minimum Gasteiger partial charge on any atom is -0.323 e. The highest BCUT2D eigenvalue weighted by Gasteiger charge is 2.11. The minimum absolute atomic E-state index is 1.09. The van der Waals surface area contributed by atoms with Gasteiger partial charge in [0.25, 0.3) is 0 Å². The fraction of sp³-hybridized carbons (Fsp3) is 0. The van der Waals surface area contributed by atoms with Gasteiger partial charge in [0.05, 0.1) is 0 Å². The van der Waals surface area contributed by atoms with Gasteiger partial charge in [-0.2, -0.15) is 0 Å². The quantitative estimate of drug-likeness (QED) is 0.382. The second kappa shape index (κ2) is 6.50. The summed E-state index contributed by atoms with van der Waals surface area (Å²) in [5, 5.41) is 0. The maximum atomic E-state index is 3.52. The Kier molecular flexibility index (Phi) is 4.06. The van der Waals surface area contributed by atoms with Crippen molar-refractivity contribution in [3.8, 4) is 27.9 Å². The minimum atomic E-state index is 1.09. The van der Waals surface area contributed by atoms with E-state index in [0.717, 1.165) is 10.2 Å². The Morgan fingerprint density at radius 2 is 1.04 bits per heavy atom. The standard InChI is InChI=1S/C22H16BrN/c23-19-13-11-18(12-14-19)22-16-24(20-9-5-2-6-10-20)15-21(22)17-7-3-1-4-8-17/h1-16H. The third-order valence-electron chi connectivity index (χ3n) is 4.12. The second-order valence-corrected chi connectivity index (χ2v) is 6.62. The van der Waals surface area contributed by atoms with Gasteiger partial charge < -0.3 is 4.57 Å². The van der Waals surface area contributed by atoms with Crippen molar-refractivity contribution in [3.05, 3.63) is 102 Å². The van der Waals surface area contributed by atoms with Gasteiger partial charge in [-0.15, -0.1) is 0 Å². The van der Waals surface area contributed by atoms with Crippen molar-refractivity contribution in [1.82, 2.24) is 4.57 Å². The number of aromatic nitrogens is 1. The van der Waals surface area contributed by atoms with Crippen LogP contribution in [0.25, 0.3) is 27.9 Å². The van der Waals surface area contributed by atoms with Crippen molar-refractivity contribution in [3.63, 3.8) is 0 Å². The lowest BCUT2D eigenvalue weighted by molar-refractivity contribution is 1.08. The molecular formula is C22H16BrN. The van der Waals surface area contributed by atoms with Gasteiger partial charge in [0, 0.05) is 33.7 Å². The third kappa shape index (κ3) is 2.93. The van der Waals surface area contributed by atoms with Gasteiger partial charge >= 0.3 is 0 Å². The molecule has 0 aliphatic carbocycles. The van der Waals surface area contributed by atoms with Crippen molar-refractivity contribution >= 4 is 15.9 Å². The van der Waals surface area contributed by atoms with Crippen molar-refractivity contribution in [1.29, 1.82) is 0 Å². The van der Waals surface area contributed by atoms with E-state index in [0.29, 0.717) is 0 Å². The summed E-state index contributed by atoms with van der Waals surface area (Å²) in [7, 11) is 0. The van der Waals surface area contributed by atoms with Crippen molar-refractivity contribution in [2.75, 3.05) is 0 Å². The maximum absolute atomic E-state index is 3.52. The maximum Gasteiger partial charge on any atom is 0.0449 e. The largest absolute Gasteiger partial charge is 0.323 e. The molecule has 0 spiro atoms. The lowest BCUT2D eigenvalue weighted by Crippen LogP contribution is -1.87. The van der Waals surface area contributed by atoms with Crippen LogP contribution in [0.2, 0.25) is 0 Å². The first-order valence-electron chi connectivity index (χ1n) is 7.90. The van der Waals surface area contributed by atoms with Crippen LogP contribution in [0.3, 0.4) is 0 Å². The molecule has 0 saturated carbocycles. The van der Waals surface area contributed by atoms with Gasteiger partial charge in [0.15, 0.2) is 0 Å². The first-order valence-corrected chi connectivity index (χ1v) is 8.69. The van der Waals surface area contributed by atoms with Gasteiger partial charge in [0.2, 0.25) is 0 Å². The summed E-state index contributed by atoms with van der Waals surface area (Å²) in [6.07, 6.45) is 4.42. The second-order valence-electron chi connectivity index (χ2n) is 5.70. The summed E-state index contributed by atoms with van der Waals surface area (Å²) in [6.45, 7) is 0. The molecule has 4 rings (SSSR count). The molecular weight excluding hydrogens is 358 g/mol. The van der Waals surface area contributed by atoms with E-state index in [4.69, 9.17) is 0 Å². The average Bonchev–Trinajstić information content (AvgIpc) is 3.09. The van der Waals surface area contributed by atoms with E-state index in [1.54, 1.807) is 0 Å². The normalized spacial score (nSPS) is 10.7. The van der Waals surface area contributed by atoms with E-state index in [2.05, 4.69) is 112 Å². The Bertz CT molecular complexity index is 938. The van der Waals surface area contributed by atoms with Crippen LogP contribution in [0, 0.1) is 0 Å². The van der Waals surface area contributed by atoms with E-state index >= 15 is 0 Å². The Labute approximate surface area is 150 Å². The van der Waals surface area contributed by atoms with Crippen LogP contribution in [0.15, 0.2) is 102 Å². The van der Waals surface area contributed by atoms with Gasteiger partial charge in [0.1, 0.15) is 0 Å². The molecule has 0 aliphatic heterocycles. The molecule has 0 fully saturated rings. The lowest BCUT2D eigenvalue weighted by Gasteiger charge is -2.04. The molecule has 0 saturated heterocycles. The fourth-order valence-electron chi connectivity index (χ4n) is 2.91. The highest BCUT2D eigenvalue weighted by Crippen LogP contribution is 2.34. The molecule has 1 aromatic heterocycles. The van der Waals surface area contributed by atoms with Gasteiger partial charge in [-0.25, -0.2) is 0 Å². The molecule has 0 radical (unpaired) electrons. The zero-order valence-corrected chi connectivity index (χ0v) is 14.6. The molecule has 0 unspecified atom stereocenters. The summed E-state index contributed by atoms with van der Waals surface area (Å²) in [4.78, 5) is 0. The van der Waals surface area contributed by atoms with Crippen LogP contribution in [0.1, 0.15) is 0 Å². The summed E-state index contributed by atoms with van der Waals surface area (Å²) in [6, 6.07) is 29.4. The van der Waals surface area contributed by atoms with Crippen molar-refractivity contribution < 1.29 is 0 Å². The van der Waals surface area contributed by atoms with E-state index < -0.39 is 0 Å². The first kappa shape index (κ1) is 15.0. The smallest absolute Gasteiger partial charge is 0.0449 e. The van der Waals surface area contributed by atoms with Gasteiger partial charge in [-0.3, -0.25) is 0 Å². The Balaban J connectivity index is 1.90. The van der Waals surface area contributed by atoms with E-state index in [1.807, 2.05) is 6.07 Å². The summed E-state index contributed by atoms with van der Waals surface area (Å²) < 4.78 is 3.29. The molecule has 4 aromatic rings. The Morgan fingerprint density at radius 3 is 1.62 bits per heavy atom. The molecule has 0 amide bonds. The SMILES string of the molecule is Brc1ccc(-c2cn(-c3ccccc3)cc2-c2ccccc2)cc1. The van der Waals surface area contributed by atoms with E-state index in [1.165, 1.54) is 22.3 Å². The van der Waals surface area contributed by atoms with Crippen LogP contribution < -0.4 is 0 Å². The Hall–Kier alpha value is -2.58. The number of nitrogens with zero attached hydrogens (tertiary/aromatic N) is 1. The van der Waals surface area contributed by atoms with Crippen LogP contribution in [-0.2, 0) is 0 Å². The molecule has 0 aliphatic rings. The first-order chi connectivity index (χ1) is 11.8. The van der Waals surface area contributed by atoms with Crippen LogP contribution >= 0.6 is 15.9 Å². The number of benzene rings is 3. The number of hydrogen-bond donors (Lipinski definition) is 0. The lowest BCUT2D eigenvalue weighted by atomic mass is 9.99. The average molecular weight is 374 g/mol. The summed E-state index contributed by atoms with van der Waals surface area (Å²) >= 11 is 3.52. The summed E-state index contributed by atoms with van der Waals surface area (Å²) in [5.41, 5.74) is 6.08. The molecule has 0 N–H and O–H groups in total. The molecule has 3 aromatic carbocycles. The van der Waals surface area contributed by atoms with Gasteiger partial charge in [-0.05, 0) is 35.4 Å². The number of halogens is 1. The van der Waals surface area contributed by atoms with Crippen LogP contribution in [-0.4, -0.2) is 4.57 Å².